The third-order valence-electron chi connectivity index (χ3n) is 2.71. The summed E-state index contributed by atoms with van der Waals surface area (Å²) in [5, 5.41) is 19.8. The molecule has 84 valence electrons. The van der Waals surface area contributed by atoms with Gasteiger partial charge in [-0.05, 0) is 17.4 Å². The van der Waals surface area contributed by atoms with Gasteiger partial charge in [-0.1, -0.05) is 24.3 Å². The van der Waals surface area contributed by atoms with E-state index in [2.05, 4.69) is 0 Å². The molecule has 1 aliphatic heterocycles. The first-order valence-corrected chi connectivity index (χ1v) is 5.22. The van der Waals surface area contributed by atoms with Crippen molar-refractivity contribution in [3.63, 3.8) is 0 Å². The molecule has 0 saturated carbocycles. The first-order valence-electron chi connectivity index (χ1n) is 5.22. The Hall–Kier alpha value is -1.40. The van der Waals surface area contributed by atoms with Crippen molar-refractivity contribution in [1.29, 1.82) is 0 Å². The van der Waals surface area contributed by atoms with Crippen LogP contribution in [0, 0.1) is 10.1 Å². The van der Waals surface area contributed by atoms with Crippen molar-refractivity contribution in [2.24, 2.45) is 0 Å². The summed E-state index contributed by atoms with van der Waals surface area (Å²) >= 11 is 0. The fraction of sp³-hybridized carbons (Fsp3) is 0.400. The molecule has 0 amide bonds. The van der Waals surface area contributed by atoms with Crippen molar-refractivity contribution in [2.45, 2.75) is 18.9 Å². The molecular formula is C10H12BNO4. The largest absolute Gasteiger partial charge is 0.491 e. The van der Waals surface area contributed by atoms with E-state index in [4.69, 9.17) is 4.65 Å². The summed E-state index contributed by atoms with van der Waals surface area (Å²) in [4.78, 5) is 9.86. The van der Waals surface area contributed by atoms with Gasteiger partial charge in [-0.15, -0.1) is 0 Å². The van der Waals surface area contributed by atoms with Gasteiger partial charge >= 0.3 is 7.12 Å². The van der Waals surface area contributed by atoms with Crippen molar-refractivity contribution in [1.82, 2.24) is 0 Å². The van der Waals surface area contributed by atoms with E-state index in [1.54, 1.807) is 0 Å². The standard InChI is InChI=1S/C10H12BNO4/c13-11-9-5-2-1-4-8(9)10(16-11)6-3-7-12(14)15/h1-2,4-5,10,13H,3,6-7H2. The Labute approximate surface area is 93.3 Å². The quantitative estimate of drug-likeness (QED) is 0.456. The first kappa shape index (κ1) is 11.1. The predicted octanol–water partition coefficient (Wildman–Crippen LogP) is 0.502. The highest BCUT2D eigenvalue weighted by molar-refractivity contribution is 6.61. The second kappa shape index (κ2) is 4.63. The molecule has 6 heteroatoms. The van der Waals surface area contributed by atoms with Crippen LogP contribution >= 0.6 is 0 Å². The molecule has 0 bridgehead atoms. The van der Waals surface area contributed by atoms with Crippen LogP contribution in [-0.2, 0) is 4.65 Å². The van der Waals surface area contributed by atoms with Gasteiger partial charge in [-0.2, -0.15) is 0 Å². The lowest BCUT2D eigenvalue weighted by Crippen LogP contribution is -2.27. The Morgan fingerprint density at radius 3 is 3.00 bits per heavy atom. The maximum atomic E-state index is 10.2. The Kier molecular flexibility index (Phi) is 3.21. The molecule has 5 nitrogen and oxygen atoms in total. The maximum Gasteiger partial charge on any atom is 0.491 e. The lowest BCUT2D eigenvalue weighted by molar-refractivity contribution is -0.480. The fourth-order valence-corrected chi connectivity index (χ4v) is 1.96. The van der Waals surface area contributed by atoms with Gasteiger partial charge in [0.2, 0.25) is 6.54 Å². The highest BCUT2D eigenvalue weighted by Gasteiger charge is 2.34. The number of hydrogen-bond donors (Lipinski definition) is 1. The molecule has 1 heterocycles. The van der Waals surface area contributed by atoms with Gasteiger partial charge in [-0.25, -0.2) is 0 Å². The molecule has 2 rings (SSSR count). The molecule has 0 radical (unpaired) electrons. The van der Waals surface area contributed by atoms with E-state index in [0.717, 1.165) is 11.0 Å². The van der Waals surface area contributed by atoms with Gasteiger partial charge in [-0.3, -0.25) is 10.1 Å². The zero-order valence-corrected chi connectivity index (χ0v) is 8.70. The molecular weight excluding hydrogens is 209 g/mol. The van der Waals surface area contributed by atoms with E-state index in [1.165, 1.54) is 0 Å². The third kappa shape index (κ3) is 2.23. The van der Waals surface area contributed by atoms with Crippen LogP contribution in [0.25, 0.3) is 0 Å². The molecule has 1 unspecified atom stereocenters. The summed E-state index contributed by atoms with van der Waals surface area (Å²) in [5.41, 5.74) is 1.71. The second-order valence-electron chi connectivity index (χ2n) is 3.80. The van der Waals surface area contributed by atoms with Crippen LogP contribution in [0.4, 0.5) is 0 Å². The molecule has 1 aromatic carbocycles. The van der Waals surface area contributed by atoms with Gasteiger partial charge in [0.15, 0.2) is 0 Å². The molecule has 1 N–H and O–H groups in total. The predicted molar refractivity (Wildman–Crippen MR) is 59.0 cm³/mol. The van der Waals surface area contributed by atoms with E-state index < -0.39 is 7.12 Å². The van der Waals surface area contributed by atoms with Crippen LogP contribution in [-0.4, -0.2) is 23.6 Å². The summed E-state index contributed by atoms with van der Waals surface area (Å²) in [6, 6.07) is 7.42. The van der Waals surface area contributed by atoms with Crippen LogP contribution < -0.4 is 5.46 Å². The molecule has 0 spiro atoms. The van der Waals surface area contributed by atoms with E-state index in [0.29, 0.717) is 12.8 Å². The number of nitro groups is 1. The smallest absolute Gasteiger partial charge is 0.423 e. The average molecular weight is 221 g/mol. The number of hydrogen-bond acceptors (Lipinski definition) is 4. The fourth-order valence-electron chi connectivity index (χ4n) is 1.96. The van der Waals surface area contributed by atoms with E-state index >= 15 is 0 Å². The highest BCUT2D eigenvalue weighted by atomic mass is 16.6. The van der Waals surface area contributed by atoms with Crippen molar-refractivity contribution in [2.75, 3.05) is 6.54 Å². The van der Waals surface area contributed by atoms with Gasteiger partial charge in [0.05, 0.1) is 6.10 Å². The van der Waals surface area contributed by atoms with E-state index in [9.17, 15) is 15.1 Å². The molecule has 0 fully saturated rings. The van der Waals surface area contributed by atoms with Gasteiger partial charge < -0.3 is 9.68 Å². The average Bonchev–Trinajstić information content (AvgIpc) is 2.57. The Bertz CT molecular complexity index is 398. The van der Waals surface area contributed by atoms with E-state index in [-0.39, 0.29) is 17.6 Å². The van der Waals surface area contributed by atoms with Crippen LogP contribution in [0.5, 0.6) is 0 Å². The minimum absolute atomic E-state index is 0.0574. The first-order chi connectivity index (χ1) is 7.68. The Balaban J connectivity index is 2.01. The Morgan fingerprint density at radius 2 is 2.25 bits per heavy atom. The molecule has 1 aliphatic rings. The molecule has 0 aliphatic carbocycles. The van der Waals surface area contributed by atoms with Crippen molar-refractivity contribution >= 4 is 12.6 Å². The molecule has 16 heavy (non-hydrogen) atoms. The van der Waals surface area contributed by atoms with Crippen LogP contribution in [0.1, 0.15) is 24.5 Å². The third-order valence-corrected chi connectivity index (χ3v) is 2.71. The number of rotatable bonds is 4. The minimum atomic E-state index is -0.892. The number of nitrogens with zero attached hydrogens (tertiary/aromatic N) is 1. The van der Waals surface area contributed by atoms with Gasteiger partial charge in [0.25, 0.3) is 0 Å². The lowest BCUT2D eigenvalue weighted by Gasteiger charge is -2.10. The molecule has 1 atom stereocenters. The highest BCUT2D eigenvalue weighted by Crippen LogP contribution is 2.27. The molecule has 1 aromatic rings. The maximum absolute atomic E-state index is 10.2. The SMILES string of the molecule is O=[N+]([O-])CCCC1OB(O)c2ccccc21. The lowest BCUT2D eigenvalue weighted by atomic mass is 9.79. The topological polar surface area (TPSA) is 72.6 Å². The van der Waals surface area contributed by atoms with Crippen LogP contribution in [0.2, 0.25) is 0 Å². The van der Waals surface area contributed by atoms with Crippen molar-refractivity contribution in [3.05, 3.63) is 39.9 Å². The zero-order chi connectivity index (χ0) is 11.5. The normalized spacial score (nSPS) is 18.6. The monoisotopic (exact) mass is 221 g/mol. The summed E-state index contributed by atoms with van der Waals surface area (Å²) in [5.74, 6) is 0. The van der Waals surface area contributed by atoms with Gasteiger partial charge in [0.1, 0.15) is 0 Å². The summed E-state index contributed by atoms with van der Waals surface area (Å²) in [6.45, 7) is -0.0574. The minimum Gasteiger partial charge on any atom is -0.423 e. The van der Waals surface area contributed by atoms with E-state index in [1.807, 2.05) is 24.3 Å². The van der Waals surface area contributed by atoms with Gasteiger partial charge in [0, 0.05) is 11.3 Å². The summed E-state index contributed by atoms with van der Waals surface area (Å²) < 4.78 is 5.35. The summed E-state index contributed by atoms with van der Waals surface area (Å²) in [6.07, 6.45) is 0.805. The second-order valence-corrected chi connectivity index (χ2v) is 3.80. The van der Waals surface area contributed by atoms with Crippen molar-refractivity contribution < 1.29 is 14.6 Å². The van der Waals surface area contributed by atoms with Crippen LogP contribution in [0.15, 0.2) is 24.3 Å². The van der Waals surface area contributed by atoms with Crippen LogP contribution in [0.3, 0.4) is 0 Å². The van der Waals surface area contributed by atoms with Crippen molar-refractivity contribution in [3.8, 4) is 0 Å². The number of benzene rings is 1. The summed E-state index contributed by atoms with van der Waals surface area (Å²) in [7, 11) is -0.892. The zero-order valence-electron chi connectivity index (χ0n) is 8.70. The molecule has 0 saturated heterocycles. The molecule has 0 aromatic heterocycles. The Morgan fingerprint density at radius 1 is 1.50 bits per heavy atom. The number of fused-ring (bicyclic) bond motifs is 1.